The molecule has 0 aliphatic rings. The van der Waals surface area contributed by atoms with Crippen molar-refractivity contribution in [2.24, 2.45) is 0 Å². The molecule has 3 heteroatoms. The van der Waals surface area contributed by atoms with Gasteiger partial charge in [-0.3, -0.25) is 4.79 Å². The molecular formula is C11H13ClOS. The van der Waals surface area contributed by atoms with Gasteiger partial charge in [0.05, 0.1) is 0 Å². The molecule has 14 heavy (non-hydrogen) atoms. The number of halogens is 1. The lowest BCUT2D eigenvalue weighted by Crippen LogP contribution is -1.98. The average Bonchev–Trinajstić information content (AvgIpc) is 2.17. The number of ketones is 1. The molecule has 0 unspecified atom stereocenters. The van der Waals surface area contributed by atoms with Gasteiger partial charge in [-0.1, -0.05) is 12.1 Å². The van der Waals surface area contributed by atoms with Gasteiger partial charge in [0.15, 0.2) is 0 Å². The molecule has 1 nitrogen and oxygen atoms in total. The summed E-state index contributed by atoms with van der Waals surface area (Å²) < 4.78 is 0. The first-order valence-electron chi connectivity index (χ1n) is 4.38. The summed E-state index contributed by atoms with van der Waals surface area (Å²) in [6, 6.07) is 6.02. The zero-order valence-electron chi connectivity index (χ0n) is 8.34. The van der Waals surface area contributed by atoms with E-state index >= 15 is 0 Å². The monoisotopic (exact) mass is 228 g/mol. The number of Topliss-reactive ketones (excluding diaryl/α,β-unsaturated/α-hetero) is 1. The van der Waals surface area contributed by atoms with Crippen molar-refractivity contribution in [3.8, 4) is 0 Å². The first-order chi connectivity index (χ1) is 6.67. The van der Waals surface area contributed by atoms with Crippen LogP contribution in [0.3, 0.4) is 0 Å². The maximum atomic E-state index is 11.0. The third-order valence-electron chi connectivity index (χ3n) is 1.95. The van der Waals surface area contributed by atoms with Crippen LogP contribution in [0.25, 0.3) is 0 Å². The van der Waals surface area contributed by atoms with Crippen LogP contribution in [0.5, 0.6) is 0 Å². The Bertz CT molecular complexity index is 336. The Balaban J connectivity index is 2.98. The van der Waals surface area contributed by atoms with Crippen molar-refractivity contribution in [2.75, 3.05) is 6.26 Å². The topological polar surface area (TPSA) is 17.1 Å². The SMILES string of the molecule is CSc1cc(CCl)ccc1CC(C)=O. The quantitative estimate of drug-likeness (QED) is 0.581. The lowest BCUT2D eigenvalue weighted by molar-refractivity contribution is -0.116. The first-order valence-corrected chi connectivity index (χ1v) is 6.14. The van der Waals surface area contributed by atoms with E-state index in [1.807, 2.05) is 18.4 Å². The van der Waals surface area contributed by atoms with E-state index in [1.165, 1.54) is 0 Å². The molecule has 1 rings (SSSR count). The first kappa shape index (κ1) is 11.6. The number of carbonyl (C=O) groups excluding carboxylic acids is 1. The van der Waals surface area contributed by atoms with E-state index in [9.17, 15) is 4.79 Å². The summed E-state index contributed by atoms with van der Waals surface area (Å²) >= 11 is 7.39. The average molecular weight is 229 g/mol. The second kappa shape index (κ2) is 5.42. The molecule has 0 N–H and O–H groups in total. The summed E-state index contributed by atoms with van der Waals surface area (Å²) in [5, 5.41) is 0. The summed E-state index contributed by atoms with van der Waals surface area (Å²) in [5.74, 6) is 0.715. The molecule has 0 heterocycles. The summed E-state index contributed by atoms with van der Waals surface area (Å²) in [7, 11) is 0. The number of carbonyl (C=O) groups is 1. The summed E-state index contributed by atoms with van der Waals surface area (Å²) in [4.78, 5) is 12.2. The Morgan fingerprint density at radius 2 is 2.21 bits per heavy atom. The molecule has 0 radical (unpaired) electrons. The van der Waals surface area contributed by atoms with Crippen molar-refractivity contribution in [3.63, 3.8) is 0 Å². The van der Waals surface area contributed by atoms with Crippen LogP contribution in [-0.4, -0.2) is 12.0 Å². The molecule has 1 aromatic carbocycles. The van der Waals surface area contributed by atoms with E-state index < -0.39 is 0 Å². The fraction of sp³-hybridized carbons (Fsp3) is 0.364. The van der Waals surface area contributed by atoms with Gasteiger partial charge in [0.2, 0.25) is 0 Å². The van der Waals surface area contributed by atoms with Crippen LogP contribution in [-0.2, 0) is 17.1 Å². The molecule has 0 fully saturated rings. The van der Waals surface area contributed by atoms with Gasteiger partial charge in [0, 0.05) is 17.2 Å². The lowest BCUT2D eigenvalue weighted by Gasteiger charge is -2.07. The molecule has 0 atom stereocenters. The number of hydrogen-bond acceptors (Lipinski definition) is 2. The van der Waals surface area contributed by atoms with Gasteiger partial charge in [0.25, 0.3) is 0 Å². The normalized spacial score (nSPS) is 10.2. The number of rotatable bonds is 4. The molecular weight excluding hydrogens is 216 g/mol. The van der Waals surface area contributed by atoms with Gasteiger partial charge in [0.1, 0.15) is 5.78 Å². The van der Waals surface area contributed by atoms with Crippen molar-refractivity contribution in [1.29, 1.82) is 0 Å². The molecule has 0 bridgehead atoms. The van der Waals surface area contributed by atoms with E-state index in [1.54, 1.807) is 18.7 Å². The minimum atomic E-state index is 0.193. The van der Waals surface area contributed by atoms with Crippen LogP contribution in [0.2, 0.25) is 0 Å². The second-order valence-corrected chi connectivity index (χ2v) is 4.27. The summed E-state index contributed by atoms with van der Waals surface area (Å²) in [6.07, 6.45) is 2.52. The van der Waals surface area contributed by atoms with Crippen molar-refractivity contribution >= 4 is 29.1 Å². The highest BCUT2D eigenvalue weighted by Gasteiger charge is 2.05. The van der Waals surface area contributed by atoms with E-state index in [4.69, 9.17) is 11.6 Å². The molecule has 0 spiro atoms. The molecule has 0 amide bonds. The Hall–Kier alpha value is -0.470. The highest BCUT2D eigenvalue weighted by molar-refractivity contribution is 7.98. The Kier molecular flexibility index (Phi) is 4.49. The number of hydrogen-bond donors (Lipinski definition) is 0. The van der Waals surface area contributed by atoms with Crippen molar-refractivity contribution in [1.82, 2.24) is 0 Å². The Labute approximate surface area is 93.8 Å². The maximum absolute atomic E-state index is 11.0. The molecule has 0 aliphatic heterocycles. The number of benzene rings is 1. The van der Waals surface area contributed by atoms with Gasteiger partial charge < -0.3 is 0 Å². The number of thioether (sulfide) groups is 1. The summed E-state index contributed by atoms with van der Waals surface area (Å²) in [5.41, 5.74) is 2.20. The predicted molar refractivity (Wildman–Crippen MR) is 62.2 cm³/mol. The second-order valence-electron chi connectivity index (χ2n) is 3.16. The minimum Gasteiger partial charge on any atom is -0.300 e. The van der Waals surface area contributed by atoms with Crippen molar-refractivity contribution in [2.45, 2.75) is 24.1 Å². The molecule has 76 valence electrons. The summed E-state index contributed by atoms with van der Waals surface area (Å²) in [6.45, 7) is 1.61. The predicted octanol–water partition coefficient (Wildman–Crippen LogP) is 3.28. The largest absolute Gasteiger partial charge is 0.300 e. The van der Waals surface area contributed by atoms with Crippen LogP contribution >= 0.6 is 23.4 Å². The zero-order valence-corrected chi connectivity index (χ0v) is 9.91. The Morgan fingerprint density at radius 3 is 2.71 bits per heavy atom. The zero-order chi connectivity index (χ0) is 10.6. The highest BCUT2D eigenvalue weighted by Crippen LogP contribution is 2.23. The van der Waals surface area contributed by atoms with Gasteiger partial charge in [-0.15, -0.1) is 23.4 Å². The van der Waals surface area contributed by atoms with E-state index in [0.29, 0.717) is 12.3 Å². The standard InChI is InChI=1S/C11H13ClOS/c1-8(13)5-10-4-3-9(7-12)6-11(10)14-2/h3-4,6H,5,7H2,1-2H3. The molecule has 1 aromatic rings. The van der Waals surface area contributed by atoms with Crippen LogP contribution in [0.4, 0.5) is 0 Å². The van der Waals surface area contributed by atoms with Crippen LogP contribution in [0, 0.1) is 0 Å². The van der Waals surface area contributed by atoms with Gasteiger partial charge in [-0.25, -0.2) is 0 Å². The molecule has 0 aliphatic carbocycles. The third kappa shape index (κ3) is 3.03. The number of alkyl halides is 1. The fourth-order valence-electron chi connectivity index (χ4n) is 1.29. The van der Waals surface area contributed by atoms with Crippen LogP contribution in [0.1, 0.15) is 18.1 Å². The van der Waals surface area contributed by atoms with Crippen LogP contribution in [0.15, 0.2) is 23.1 Å². The highest BCUT2D eigenvalue weighted by atomic mass is 35.5. The van der Waals surface area contributed by atoms with E-state index in [2.05, 4.69) is 6.07 Å². The van der Waals surface area contributed by atoms with Crippen LogP contribution < -0.4 is 0 Å². The maximum Gasteiger partial charge on any atom is 0.134 e. The molecule has 0 aromatic heterocycles. The lowest BCUT2D eigenvalue weighted by atomic mass is 10.1. The molecule has 0 saturated heterocycles. The van der Waals surface area contributed by atoms with Gasteiger partial charge in [-0.05, 0) is 30.4 Å². The third-order valence-corrected chi connectivity index (χ3v) is 3.07. The smallest absolute Gasteiger partial charge is 0.134 e. The van der Waals surface area contributed by atoms with E-state index in [-0.39, 0.29) is 5.78 Å². The van der Waals surface area contributed by atoms with Crippen molar-refractivity contribution in [3.05, 3.63) is 29.3 Å². The minimum absolute atomic E-state index is 0.193. The van der Waals surface area contributed by atoms with E-state index in [0.717, 1.165) is 16.0 Å². The fourth-order valence-corrected chi connectivity index (χ4v) is 2.12. The van der Waals surface area contributed by atoms with Crippen molar-refractivity contribution < 1.29 is 4.79 Å². The van der Waals surface area contributed by atoms with Gasteiger partial charge >= 0.3 is 0 Å². The Morgan fingerprint density at radius 1 is 1.50 bits per heavy atom. The van der Waals surface area contributed by atoms with Gasteiger partial charge in [-0.2, -0.15) is 0 Å². The molecule has 0 saturated carbocycles.